The molecular weight excluding hydrogens is 224 g/mol. The highest BCUT2D eigenvalue weighted by atomic mass is 16.3. The van der Waals surface area contributed by atoms with Gasteiger partial charge in [0.1, 0.15) is 12.0 Å². The molecule has 1 rings (SSSR count). The lowest BCUT2D eigenvalue weighted by atomic mass is 10.0. The van der Waals surface area contributed by atoms with Gasteiger partial charge in [0.2, 0.25) is 0 Å². The van der Waals surface area contributed by atoms with Crippen LogP contribution in [0.25, 0.3) is 0 Å². The van der Waals surface area contributed by atoms with E-state index in [9.17, 15) is 4.79 Å². The average Bonchev–Trinajstić information content (AvgIpc) is 2.29. The van der Waals surface area contributed by atoms with Crippen LogP contribution in [0.3, 0.4) is 0 Å². The summed E-state index contributed by atoms with van der Waals surface area (Å²) in [6.07, 6.45) is 6.23. The molecule has 0 fully saturated rings. The molecule has 0 unspecified atom stereocenters. The third-order valence-corrected chi connectivity index (χ3v) is 2.78. The molecule has 0 aromatic heterocycles. The molecule has 0 spiro atoms. The normalized spacial score (nSPS) is 9.83. The third-order valence-electron chi connectivity index (χ3n) is 2.78. The fourth-order valence-corrected chi connectivity index (χ4v) is 1.99. The number of carbonyl (C=O) groups excluding carboxylic acids is 1. The van der Waals surface area contributed by atoms with Crippen molar-refractivity contribution in [1.82, 2.24) is 0 Å². The Morgan fingerprint density at radius 2 is 1.72 bits per heavy atom. The Balaban J connectivity index is 0.000000331. The number of rotatable bonds is 5. The first-order chi connectivity index (χ1) is 8.53. The summed E-state index contributed by atoms with van der Waals surface area (Å²) >= 11 is 0. The van der Waals surface area contributed by atoms with Gasteiger partial charge in [-0.05, 0) is 36.6 Å². The lowest BCUT2D eigenvalue weighted by Gasteiger charge is -2.05. The Hall–Kier alpha value is -1.31. The van der Waals surface area contributed by atoms with E-state index in [1.165, 1.54) is 31.7 Å². The fraction of sp³-hybridized carbons (Fsp3) is 0.562. The number of aryl methyl sites for hydroxylation is 1. The van der Waals surface area contributed by atoms with Crippen molar-refractivity contribution in [3.05, 3.63) is 29.3 Å². The van der Waals surface area contributed by atoms with E-state index in [0.717, 1.165) is 11.5 Å². The van der Waals surface area contributed by atoms with Crippen LogP contribution in [0.4, 0.5) is 0 Å². The van der Waals surface area contributed by atoms with Crippen LogP contribution in [0, 0.1) is 12.8 Å². The second-order valence-electron chi connectivity index (χ2n) is 4.90. The zero-order chi connectivity index (χ0) is 14.0. The van der Waals surface area contributed by atoms with Crippen molar-refractivity contribution >= 4 is 6.29 Å². The van der Waals surface area contributed by atoms with Gasteiger partial charge in [-0.15, -0.1) is 0 Å². The van der Waals surface area contributed by atoms with Gasteiger partial charge in [0, 0.05) is 5.56 Å². The highest BCUT2D eigenvalue weighted by Gasteiger charge is 1.96. The lowest BCUT2D eigenvalue weighted by molar-refractivity contribution is 0.112. The molecule has 0 saturated heterocycles. The minimum Gasteiger partial charge on any atom is -0.508 e. The largest absolute Gasteiger partial charge is 0.508 e. The molecule has 0 aliphatic rings. The topological polar surface area (TPSA) is 37.3 Å². The number of aromatic hydroxyl groups is 1. The van der Waals surface area contributed by atoms with Crippen LogP contribution >= 0.6 is 0 Å². The molecule has 1 aromatic carbocycles. The highest BCUT2D eigenvalue weighted by Crippen LogP contribution is 2.13. The maximum absolute atomic E-state index is 10.2. The van der Waals surface area contributed by atoms with Gasteiger partial charge in [-0.25, -0.2) is 0 Å². The molecule has 0 bridgehead atoms. The number of benzene rings is 1. The van der Waals surface area contributed by atoms with E-state index in [0.29, 0.717) is 11.8 Å². The molecular formula is C16H26O2. The predicted octanol–water partition coefficient (Wildman–Crippen LogP) is 4.74. The molecule has 0 saturated carbocycles. The molecule has 2 nitrogen and oxygen atoms in total. The molecule has 0 heterocycles. The zero-order valence-corrected chi connectivity index (χ0v) is 12.1. The second kappa shape index (κ2) is 9.69. The second-order valence-corrected chi connectivity index (χ2v) is 4.90. The Bertz CT molecular complexity index is 319. The third kappa shape index (κ3) is 7.88. The number of hydrogen-bond donors (Lipinski definition) is 1. The molecule has 0 aliphatic heterocycles. The maximum atomic E-state index is 10.2. The van der Waals surface area contributed by atoms with Crippen LogP contribution in [0.5, 0.6) is 5.75 Å². The minimum absolute atomic E-state index is 0.141. The SMILES string of the molecule is CCCC(C)CCC.Cc1cc(O)cc(C=O)c1. The van der Waals surface area contributed by atoms with E-state index in [4.69, 9.17) is 5.11 Å². The van der Waals surface area contributed by atoms with Crippen molar-refractivity contribution in [2.45, 2.75) is 53.4 Å². The summed E-state index contributed by atoms with van der Waals surface area (Å²) in [5.74, 6) is 1.10. The summed E-state index contributed by atoms with van der Waals surface area (Å²) in [4.78, 5) is 10.2. The van der Waals surface area contributed by atoms with E-state index in [1.807, 2.05) is 6.92 Å². The Morgan fingerprint density at radius 3 is 2.11 bits per heavy atom. The summed E-state index contributed by atoms with van der Waals surface area (Å²) in [5, 5.41) is 8.97. The molecule has 18 heavy (non-hydrogen) atoms. The van der Waals surface area contributed by atoms with E-state index >= 15 is 0 Å². The quantitative estimate of drug-likeness (QED) is 0.767. The average molecular weight is 250 g/mol. The van der Waals surface area contributed by atoms with Crippen LogP contribution in [0.1, 0.15) is 62.4 Å². The van der Waals surface area contributed by atoms with Gasteiger partial charge in [0.05, 0.1) is 0 Å². The molecule has 102 valence electrons. The minimum atomic E-state index is 0.141. The predicted molar refractivity (Wildman–Crippen MR) is 77.2 cm³/mol. The number of aldehydes is 1. The van der Waals surface area contributed by atoms with E-state index in [-0.39, 0.29) is 5.75 Å². The van der Waals surface area contributed by atoms with Crippen molar-refractivity contribution < 1.29 is 9.90 Å². The van der Waals surface area contributed by atoms with Gasteiger partial charge in [0.15, 0.2) is 0 Å². The number of phenols is 1. The molecule has 0 aliphatic carbocycles. The van der Waals surface area contributed by atoms with E-state index < -0.39 is 0 Å². The molecule has 2 heteroatoms. The van der Waals surface area contributed by atoms with E-state index in [1.54, 1.807) is 12.1 Å². The van der Waals surface area contributed by atoms with Crippen LogP contribution in [0.15, 0.2) is 18.2 Å². The first-order valence-corrected chi connectivity index (χ1v) is 6.79. The number of carbonyl (C=O) groups is 1. The Morgan fingerprint density at radius 1 is 1.17 bits per heavy atom. The van der Waals surface area contributed by atoms with Crippen LogP contribution in [-0.2, 0) is 0 Å². The molecule has 0 atom stereocenters. The first-order valence-electron chi connectivity index (χ1n) is 6.79. The number of hydrogen-bond acceptors (Lipinski definition) is 2. The standard InChI is InChI=1S/C8H8O2.C8H18/c1-6-2-7(5-9)4-8(10)3-6;1-4-6-8(3)7-5-2/h2-5,10H,1H3;8H,4-7H2,1-3H3. The number of phenolic OH excluding ortho intramolecular Hbond substituents is 1. The monoisotopic (exact) mass is 250 g/mol. The van der Waals surface area contributed by atoms with Crippen molar-refractivity contribution in [3.63, 3.8) is 0 Å². The van der Waals surface area contributed by atoms with Crippen LogP contribution < -0.4 is 0 Å². The molecule has 0 amide bonds. The van der Waals surface area contributed by atoms with Gasteiger partial charge < -0.3 is 5.11 Å². The van der Waals surface area contributed by atoms with Crippen molar-refractivity contribution in [1.29, 1.82) is 0 Å². The molecule has 1 aromatic rings. The first kappa shape index (κ1) is 16.7. The van der Waals surface area contributed by atoms with Gasteiger partial charge in [-0.1, -0.05) is 46.5 Å². The zero-order valence-electron chi connectivity index (χ0n) is 12.1. The molecule has 1 N–H and O–H groups in total. The van der Waals surface area contributed by atoms with Crippen molar-refractivity contribution in [2.24, 2.45) is 5.92 Å². The summed E-state index contributed by atoms with van der Waals surface area (Å²) < 4.78 is 0. The van der Waals surface area contributed by atoms with Gasteiger partial charge in [-0.2, -0.15) is 0 Å². The van der Waals surface area contributed by atoms with Crippen LogP contribution in [-0.4, -0.2) is 11.4 Å². The van der Waals surface area contributed by atoms with Gasteiger partial charge in [0.25, 0.3) is 0 Å². The molecule has 0 radical (unpaired) electrons. The fourth-order valence-electron chi connectivity index (χ4n) is 1.99. The summed E-state index contributed by atoms with van der Waals surface area (Å²) in [7, 11) is 0. The van der Waals surface area contributed by atoms with Crippen molar-refractivity contribution in [3.8, 4) is 5.75 Å². The van der Waals surface area contributed by atoms with Crippen molar-refractivity contribution in [2.75, 3.05) is 0 Å². The van der Waals surface area contributed by atoms with Crippen LogP contribution in [0.2, 0.25) is 0 Å². The highest BCUT2D eigenvalue weighted by molar-refractivity contribution is 5.75. The van der Waals surface area contributed by atoms with E-state index in [2.05, 4.69) is 20.8 Å². The van der Waals surface area contributed by atoms with Gasteiger partial charge >= 0.3 is 0 Å². The summed E-state index contributed by atoms with van der Waals surface area (Å²) in [6.45, 7) is 8.68. The Kier molecular flexibility index (Phi) is 8.99. The lowest BCUT2D eigenvalue weighted by Crippen LogP contribution is -1.91. The maximum Gasteiger partial charge on any atom is 0.150 e. The Labute approximate surface area is 111 Å². The summed E-state index contributed by atoms with van der Waals surface area (Å²) in [5.41, 5.74) is 1.40. The van der Waals surface area contributed by atoms with Gasteiger partial charge in [-0.3, -0.25) is 4.79 Å². The summed E-state index contributed by atoms with van der Waals surface area (Å²) in [6, 6.07) is 4.75. The smallest absolute Gasteiger partial charge is 0.150 e.